The van der Waals surface area contributed by atoms with E-state index in [-0.39, 0.29) is 30.7 Å². The third-order valence-corrected chi connectivity index (χ3v) is 3.46. The third-order valence-electron chi connectivity index (χ3n) is 3.03. The molecule has 25 heavy (non-hydrogen) atoms. The van der Waals surface area contributed by atoms with E-state index in [4.69, 9.17) is 13.9 Å². The van der Waals surface area contributed by atoms with Gasteiger partial charge in [0.1, 0.15) is 11.5 Å². The SMILES string of the molecule is CCOc1ccc(OCC(=O)NCCNC(=O)c2ccc(Br)o2)cc1. The van der Waals surface area contributed by atoms with Crippen molar-refractivity contribution in [1.82, 2.24) is 10.6 Å². The largest absolute Gasteiger partial charge is 0.494 e. The summed E-state index contributed by atoms with van der Waals surface area (Å²) in [6.45, 7) is 2.97. The van der Waals surface area contributed by atoms with E-state index in [1.807, 2.05) is 6.92 Å². The second-order valence-electron chi connectivity index (χ2n) is 4.90. The molecule has 0 aliphatic rings. The Kier molecular flexibility index (Phi) is 7.34. The molecule has 1 aromatic heterocycles. The fourth-order valence-corrected chi connectivity index (χ4v) is 2.21. The van der Waals surface area contributed by atoms with Crippen LogP contribution in [0.3, 0.4) is 0 Å². The number of rotatable bonds is 9. The first-order valence-corrected chi connectivity index (χ1v) is 8.53. The summed E-state index contributed by atoms with van der Waals surface area (Å²) in [6.07, 6.45) is 0. The van der Waals surface area contributed by atoms with Crippen LogP contribution in [0.2, 0.25) is 0 Å². The Morgan fingerprint density at radius 3 is 2.24 bits per heavy atom. The van der Waals surface area contributed by atoms with Crippen LogP contribution in [0.15, 0.2) is 45.5 Å². The Labute approximate surface area is 153 Å². The zero-order chi connectivity index (χ0) is 18.1. The quantitative estimate of drug-likeness (QED) is 0.619. The summed E-state index contributed by atoms with van der Waals surface area (Å²) in [4.78, 5) is 23.4. The second kappa shape index (κ2) is 9.73. The number of carbonyl (C=O) groups is 2. The van der Waals surface area contributed by atoms with Gasteiger partial charge in [0.25, 0.3) is 11.8 Å². The Morgan fingerprint density at radius 2 is 1.64 bits per heavy atom. The molecule has 0 fully saturated rings. The summed E-state index contributed by atoms with van der Waals surface area (Å²) in [6, 6.07) is 10.2. The normalized spacial score (nSPS) is 10.2. The van der Waals surface area contributed by atoms with Crippen LogP contribution in [-0.2, 0) is 4.79 Å². The molecule has 0 unspecified atom stereocenters. The topological polar surface area (TPSA) is 89.8 Å². The van der Waals surface area contributed by atoms with E-state index in [9.17, 15) is 9.59 Å². The minimum atomic E-state index is -0.342. The molecule has 0 bridgehead atoms. The zero-order valence-electron chi connectivity index (χ0n) is 13.7. The fraction of sp³-hybridized carbons (Fsp3) is 0.294. The van der Waals surface area contributed by atoms with Gasteiger partial charge in [0.15, 0.2) is 17.0 Å². The number of amides is 2. The van der Waals surface area contributed by atoms with Gasteiger partial charge in [-0.2, -0.15) is 0 Å². The molecule has 0 saturated heterocycles. The lowest BCUT2D eigenvalue weighted by molar-refractivity contribution is -0.123. The maximum absolute atomic E-state index is 11.7. The van der Waals surface area contributed by atoms with Crippen LogP contribution in [0, 0.1) is 0 Å². The third kappa shape index (κ3) is 6.50. The fourth-order valence-electron chi connectivity index (χ4n) is 1.90. The Balaban J connectivity index is 1.61. The van der Waals surface area contributed by atoms with Crippen molar-refractivity contribution >= 4 is 27.7 Å². The number of hydrogen-bond acceptors (Lipinski definition) is 5. The molecule has 0 spiro atoms. The van der Waals surface area contributed by atoms with Gasteiger partial charge < -0.3 is 24.5 Å². The number of hydrogen-bond donors (Lipinski definition) is 2. The summed E-state index contributed by atoms with van der Waals surface area (Å²) in [5.74, 6) is 0.917. The first-order valence-electron chi connectivity index (χ1n) is 7.74. The van der Waals surface area contributed by atoms with Crippen LogP contribution in [0.5, 0.6) is 11.5 Å². The van der Waals surface area contributed by atoms with Crippen molar-refractivity contribution in [1.29, 1.82) is 0 Å². The lowest BCUT2D eigenvalue weighted by Gasteiger charge is -2.09. The average Bonchev–Trinajstić information content (AvgIpc) is 3.05. The first-order chi connectivity index (χ1) is 12.1. The number of ether oxygens (including phenoxy) is 2. The van der Waals surface area contributed by atoms with Crippen LogP contribution in [-0.4, -0.2) is 38.1 Å². The van der Waals surface area contributed by atoms with Gasteiger partial charge in [-0.3, -0.25) is 9.59 Å². The van der Waals surface area contributed by atoms with Crippen LogP contribution in [0.1, 0.15) is 17.5 Å². The Bertz CT molecular complexity index is 699. The molecule has 0 atom stereocenters. The van der Waals surface area contributed by atoms with Crippen molar-refractivity contribution in [2.45, 2.75) is 6.92 Å². The van der Waals surface area contributed by atoms with Crippen LogP contribution >= 0.6 is 15.9 Å². The monoisotopic (exact) mass is 410 g/mol. The van der Waals surface area contributed by atoms with Gasteiger partial charge in [-0.25, -0.2) is 0 Å². The van der Waals surface area contributed by atoms with Gasteiger partial charge in [-0.05, 0) is 59.3 Å². The van der Waals surface area contributed by atoms with Crippen molar-refractivity contribution in [3.05, 3.63) is 46.8 Å². The van der Waals surface area contributed by atoms with E-state index in [0.717, 1.165) is 5.75 Å². The maximum Gasteiger partial charge on any atom is 0.287 e. The highest BCUT2D eigenvalue weighted by atomic mass is 79.9. The number of nitrogens with one attached hydrogen (secondary N) is 2. The number of benzene rings is 1. The van der Waals surface area contributed by atoms with E-state index in [1.54, 1.807) is 36.4 Å². The molecular weight excluding hydrogens is 392 g/mol. The summed E-state index contributed by atoms with van der Waals surface area (Å²) in [5.41, 5.74) is 0. The van der Waals surface area contributed by atoms with Crippen molar-refractivity contribution in [2.75, 3.05) is 26.3 Å². The van der Waals surface area contributed by atoms with Crippen LogP contribution < -0.4 is 20.1 Å². The molecule has 0 radical (unpaired) electrons. The number of furan rings is 1. The van der Waals surface area contributed by atoms with Crippen LogP contribution in [0.4, 0.5) is 0 Å². The van der Waals surface area contributed by atoms with E-state index >= 15 is 0 Å². The van der Waals surface area contributed by atoms with E-state index in [2.05, 4.69) is 26.6 Å². The standard InChI is InChI=1S/C17H19BrN2O5/c1-2-23-12-3-5-13(6-4-12)24-11-16(21)19-9-10-20-17(22)14-7-8-15(18)25-14/h3-8H,2,9-11H2,1H3,(H,19,21)(H,20,22). The molecule has 1 heterocycles. The highest BCUT2D eigenvalue weighted by Gasteiger charge is 2.09. The summed E-state index contributed by atoms with van der Waals surface area (Å²) < 4.78 is 16.3. The van der Waals surface area contributed by atoms with Gasteiger partial charge in [-0.15, -0.1) is 0 Å². The molecule has 0 aliphatic carbocycles. The Hall–Kier alpha value is -2.48. The lowest BCUT2D eigenvalue weighted by Crippen LogP contribution is -2.36. The van der Waals surface area contributed by atoms with Crippen LogP contribution in [0.25, 0.3) is 0 Å². The summed E-state index contributed by atoms with van der Waals surface area (Å²) >= 11 is 3.12. The average molecular weight is 411 g/mol. The molecule has 7 nitrogen and oxygen atoms in total. The molecule has 134 valence electrons. The lowest BCUT2D eigenvalue weighted by atomic mass is 10.3. The minimum absolute atomic E-state index is 0.104. The van der Waals surface area contributed by atoms with Gasteiger partial charge in [-0.1, -0.05) is 0 Å². The zero-order valence-corrected chi connectivity index (χ0v) is 15.3. The molecule has 8 heteroatoms. The first kappa shape index (κ1) is 18.9. The minimum Gasteiger partial charge on any atom is -0.494 e. The highest BCUT2D eigenvalue weighted by Crippen LogP contribution is 2.17. The summed E-state index contributed by atoms with van der Waals surface area (Å²) in [5, 5.41) is 5.29. The van der Waals surface area contributed by atoms with Gasteiger partial charge in [0.05, 0.1) is 6.61 Å². The number of carbonyl (C=O) groups excluding carboxylic acids is 2. The maximum atomic E-state index is 11.7. The molecule has 1 aromatic carbocycles. The predicted octanol–water partition coefficient (Wildman–Crippen LogP) is 2.37. The van der Waals surface area contributed by atoms with Crippen molar-refractivity contribution in [2.24, 2.45) is 0 Å². The van der Waals surface area contributed by atoms with Gasteiger partial charge >= 0.3 is 0 Å². The number of halogens is 1. The molecular formula is C17H19BrN2O5. The second-order valence-corrected chi connectivity index (χ2v) is 5.68. The van der Waals surface area contributed by atoms with Crippen molar-refractivity contribution in [3.63, 3.8) is 0 Å². The molecule has 2 N–H and O–H groups in total. The van der Waals surface area contributed by atoms with Gasteiger partial charge in [0, 0.05) is 13.1 Å². The van der Waals surface area contributed by atoms with E-state index in [0.29, 0.717) is 23.6 Å². The molecule has 2 rings (SSSR count). The Morgan fingerprint density at radius 1 is 1.00 bits per heavy atom. The van der Waals surface area contributed by atoms with E-state index < -0.39 is 0 Å². The summed E-state index contributed by atoms with van der Waals surface area (Å²) in [7, 11) is 0. The smallest absolute Gasteiger partial charge is 0.287 e. The molecule has 2 amide bonds. The van der Waals surface area contributed by atoms with E-state index in [1.165, 1.54) is 0 Å². The van der Waals surface area contributed by atoms with Gasteiger partial charge in [0.2, 0.25) is 0 Å². The molecule has 2 aromatic rings. The van der Waals surface area contributed by atoms with Crippen molar-refractivity contribution in [3.8, 4) is 11.5 Å². The molecule has 0 saturated carbocycles. The highest BCUT2D eigenvalue weighted by molar-refractivity contribution is 9.10. The molecule has 0 aliphatic heterocycles. The predicted molar refractivity (Wildman–Crippen MR) is 94.9 cm³/mol. The van der Waals surface area contributed by atoms with Crippen molar-refractivity contribution < 1.29 is 23.5 Å².